The lowest BCUT2D eigenvalue weighted by Gasteiger charge is -2.30. The molecule has 96 valence electrons. The van der Waals surface area contributed by atoms with Crippen molar-refractivity contribution in [3.8, 4) is 0 Å². The first-order valence-corrected chi connectivity index (χ1v) is 5.90. The molecule has 1 nitrogen and oxygen atoms in total. The van der Waals surface area contributed by atoms with Crippen molar-refractivity contribution in [2.45, 2.75) is 46.1 Å². The lowest BCUT2D eigenvalue weighted by atomic mass is 9.80. The maximum absolute atomic E-state index is 12.4. The maximum atomic E-state index is 12.4. The second-order valence-electron chi connectivity index (χ2n) is 4.50. The fraction of sp³-hybridized carbons (Fsp3) is 0.818. The molecule has 0 saturated carbocycles. The molecule has 0 heterocycles. The van der Waals surface area contributed by atoms with Crippen molar-refractivity contribution in [1.29, 1.82) is 0 Å². The Balaban J connectivity index is 4.18. The topological polar surface area (TPSA) is 3.24 Å². The maximum Gasteiger partial charge on any atom is 0.506 e. The van der Waals surface area contributed by atoms with E-state index in [1.807, 2.05) is 18.7 Å². The molecule has 0 unspecified atom stereocenters. The highest BCUT2D eigenvalue weighted by atomic mass is 19.4. The van der Waals surface area contributed by atoms with Gasteiger partial charge in [0.05, 0.1) is 0 Å². The highest BCUT2D eigenvalue weighted by Crippen LogP contribution is 2.20. The minimum Gasteiger partial charge on any atom is -0.445 e. The van der Waals surface area contributed by atoms with E-state index in [2.05, 4.69) is 13.5 Å². The van der Waals surface area contributed by atoms with Crippen LogP contribution < -0.4 is 0 Å². The van der Waals surface area contributed by atoms with Crippen molar-refractivity contribution < 1.29 is 12.9 Å². The van der Waals surface area contributed by atoms with Crippen molar-refractivity contribution in [2.75, 3.05) is 13.1 Å². The third kappa shape index (κ3) is 6.21. The molecule has 0 saturated heterocycles. The Morgan fingerprint density at radius 1 is 1.25 bits per heavy atom. The summed E-state index contributed by atoms with van der Waals surface area (Å²) in [5.41, 5.74) is -0.592. The van der Waals surface area contributed by atoms with Crippen LogP contribution in [-0.2, 0) is 0 Å². The Hall–Kier alpha value is -0.445. The predicted molar refractivity (Wildman–Crippen MR) is 64.5 cm³/mol. The monoisotopic (exact) mass is 236 g/mol. The molecule has 16 heavy (non-hydrogen) atoms. The van der Waals surface area contributed by atoms with E-state index in [4.69, 9.17) is 0 Å². The van der Waals surface area contributed by atoms with Gasteiger partial charge in [-0.05, 0) is 33.4 Å². The second-order valence-corrected chi connectivity index (χ2v) is 4.50. The molecule has 0 aliphatic rings. The van der Waals surface area contributed by atoms with Gasteiger partial charge in [-0.2, -0.15) is 0 Å². The smallest absolute Gasteiger partial charge is 0.445 e. The van der Waals surface area contributed by atoms with Crippen LogP contribution in [0, 0.1) is 0 Å². The zero-order chi connectivity index (χ0) is 12.8. The van der Waals surface area contributed by atoms with Crippen LogP contribution in [-0.4, -0.2) is 31.0 Å². The van der Waals surface area contributed by atoms with E-state index < -0.39 is 12.4 Å². The van der Waals surface area contributed by atoms with E-state index in [1.54, 1.807) is 0 Å². The molecule has 5 heteroatoms. The Morgan fingerprint density at radius 3 is 2.19 bits per heavy atom. The Morgan fingerprint density at radius 2 is 1.81 bits per heavy atom. The molecule has 0 aromatic heterocycles. The standard InChI is InChI=1S/C11H22BF3N/c1-5-6-7-8-16(10(2)3)9-11(4)12(13,14)15/h10H,4-9H2,1-3H3/q-1. The minimum atomic E-state index is -4.89. The fourth-order valence-corrected chi connectivity index (χ4v) is 1.45. The van der Waals surface area contributed by atoms with E-state index in [9.17, 15) is 12.9 Å². The first-order valence-electron chi connectivity index (χ1n) is 5.90. The van der Waals surface area contributed by atoms with Crippen LogP contribution in [0.5, 0.6) is 0 Å². The molecule has 0 rings (SSSR count). The first kappa shape index (κ1) is 15.6. The summed E-state index contributed by atoms with van der Waals surface area (Å²) in [6, 6.07) is 0.131. The molecular formula is C11H22BF3N-. The Labute approximate surface area is 96.8 Å². The number of halogens is 3. The van der Waals surface area contributed by atoms with Crippen molar-refractivity contribution in [3.63, 3.8) is 0 Å². The van der Waals surface area contributed by atoms with Gasteiger partial charge in [-0.3, -0.25) is 0 Å². The normalized spacial score (nSPS) is 12.5. The average Bonchev–Trinajstić information content (AvgIpc) is 2.14. The van der Waals surface area contributed by atoms with Gasteiger partial charge in [0.2, 0.25) is 0 Å². The summed E-state index contributed by atoms with van der Waals surface area (Å²) in [6.45, 7) is 4.83. The van der Waals surface area contributed by atoms with E-state index >= 15 is 0 Å². The summed E-state index contributed by atoms with van der Waals surface area (Å²) in [5.74, 6) is 0. The lowest BCUT2D eigenvalue weighted by molar-refractivity contribution is 0.235. The van der Waals surface area contributed by atoms with Gasteiger partial charge in [0.1, 0.15) is 0 Å². The van der Waals surface area contributed by atoms with Gasteiger partial charge < -0.3 is 17.8 Å². The van der Waals surface area contributed by atoms with Gasteiger partial charge in [0, 0.05) is 6.04 Å². The highest BCUT2D eigenvalue weighted by molar-refractivity contribution is 6.66. The van der Waals surface area contributed by atoms with Crippen molar-refractivity contribution in [2.24, 2.45) is 0 Å². The molecule has 0 fully saturated rings. The molecule has 0 amide bonds. The molecule has 0 bridgehead atoms. The van der Waals surface area contributed by atoms with Crippen molar-refractivity contribution in [3.05, 3.63) is 12.1 Å². The SMILES string of the molecule is C=C(CN(CCCCC)C(C)C)[B-](F)(F)F. The van der Waals surface area contributed by atoms with Crippen LogP contribution in [0.4, 0.5) is 12.9 Å². The summed E-state index contributed by atoms with van der Waals surface area (Å²) in [7, 11) is 0. The molecular weight excluding hydrogens is 214 g/mol. The van der Waals surface area contributed by atoms with Crippen LogP contribution >= 0.6 is 0 Å². The van der Waals surface area contributed by atoms with Gasteiger partial charge in [-0.1, -0.05) is 19.8 Å². The number of nitrogens with zero attached hydrogens (tertiary/aromatic N) is 1. The van der Waals surface area contributed by atoms with Crippen LogP contribution in [0.15, 0.2) is 12.1 Å². The number of rotatable bonds is 8. The van der Waals surface area contributed by atoms with E-state index in [1.165, 1.54) is 0 Å². The summed E-state index contributed by atoms with van der Waals surface area (Å²) in [6.07, 6.45) is 3.09. The van der Waals surface area contributed by atoms with Crippen LogP contribution in [0.3, 0.4) is 0 Å². The average molecular weight is 236 g/mol. The van der Waals surface area contributed by atoms with E-state index in [0.29, 0.717) is 0 Å². The van der Waals surface area contributed by atoms with E-state index in [-0.39, 0.29) is 12.6 Å². The van der Waals surface area contributed by atoms with Crippen molar-refractivity contribution >= 4 is 6.98 Å². The second kappa shape index (κ2) is 6.99. The number of hydrogen-bond acceptors (Lipinski definition) is 1. The highest BCUT2D eigenvalue weighted by Gasteiger charge is 2.28. The quantitative estimate of drug-likeness (QED) is 0.457. The number of unbranched alkanes of at least 4 members (excludes halogenated alkanes) is 2. The molecule has 0 aromatic carbocycles. The molecule has 0 aliphatic heterocycles. The van der Waals surface area contributed by atoms with Gasteiger partial charge in [0.25, 0.3) is 0 Å². The van der Waals surface area contributed by atoms with Gasteiger partial charge in [-0.25, -0.2) is 0 Å². The summed E-state index contributed by atoms with van der Waals surface area (Å²) >= 11 is 0. The number of hydrogen-bond donors (Lipinski definition) is 0. The fourth-order valence-electron chi connectivity index (χ4n) is 1.45. The molecule has 0 spiro atoms. The predicted octanol–water partition coefficient (Wildman–Crippen LogP) is 3.83. The first-order chi connectivity index (χ1) is 7.29. The summed E-state index contributed by atoms with van der Waals surface area (Å²) in [5, 5.41) is 0. The molecule has 0 aromatic rings. The third-order valence-corrected chi connectivity index (χ3v) is 2.65. The Kier molecular flexibility index (Phi) is 6.80. The molecule has 0 radical (unpaired) electrons. The molecule has 0 aliphatic carbocycles. The molecule has 0 atom stereocenters. The zero-order valence-electron chi connectivity index (χ0n) is 10.5. The van der Waals surface area contributed by atoms with Gasteiger partial charge in [-0.15, -0.1) is 12.1 Å². The van der Waals surface area contributed by atoms with Gasteiger partial charge >= 0.3 is 6.98 Å². The lowest BCUT2D eigenvalue weighted by Crippen LogP contribution is -2.37. The molecule has 0 N–H and O–H groups in total. The Bertz CT molecular complexity index is 214. The summed E-state index contributed by atoms with van der Waals surface area (Å²) < 4.78 is 37.2. The van der Waals surface area contributed by atoms with Crippen LogP contribution in [0.25, 0.3) is 0 Å². The van der Waals surface area contributed by atoms with E-state index in [0.717, 1.165) is 25.8 Å². The minimum absolute atomic E-state index is 0.0507. The van der Waals surface area contributed by atoms with Crippen molar-refractivity contribution in [1.82, 2.24) is 4.90 Å². The van der Waals surface area contributed by atoms with Crippen LogP contribution in [0.2, 0.25) is 0 Å². The largest absolute Gasteiger partial charge is 0.506 e. The van der Waals surface area contributed by atoms with Crippen LogP contribution in [0.1, 0.15) is 40.0 Å². The third-order valence-electron chi connectivity index (χ3n) is 2.65. The van der Waals surface area contributed by atoms with Gasteiger partial charge in [0.15, 0.2) is 0 Å². The summed E-state index contributed by atoms with van der Waals surface area (Å²) in [4.78, 5) is 1.84. The zero-order valence-corrected chi connectivity index (χ0v) is 10.5.